The van der Waals surface area contributed by atoms with Gasteiger partial charge in [-0.3, -0.25) is 4.40 Å². The molecule has 4 aromatic rings. The zero-order valence-electron chi connectivity index (χ0n) is 12.3. The summed E-state index contributed by atoms with van der Waals surface area (Å²) in [6.07, 6.45) is 3.86. The summed E-state index contributed by atoms with van der Waals surface area (Å²) < 4.78 is 3.07. The molecule has 3 heterocycles. The van der Waals surface area contributed by atoms with Gasteiger partial charge in [0.15, 0.2) is 5.13 Å². The van der Waals surface area contributed by atoms with E-state index in [0.717, 1.165) is 32.3 Å². The summed E-state index contributed by atoms with van der Waals surface area (Å²) in [5.41, 5.74) is 5.06. The molecule has 0 bridgehead atoms. The Bertz CT molecular complexity index is 989. The average Bonchev–Trinajstić information content (AvgIpc) is 3.16. The van der Waals surface area contributed by atoms with Crippen molar-refractivity contribution in [3.8, 4) is 11.4 Å². The van der Waals surface area contributed by atoms with Gasteiger partial charge in [0.05, 0.1) is 17.6 Å². The maximum absolute atomic E-state index is 4.69. The van der Waals surface area contributed by atoms with Gasteiger partial charge in [0.1, 0.15) is 11.3 Å². The topological polar surface area (TPSA) is 42.2 Å². The number of hydrogen-bond donors (Lipinski definition) is 1. The third-order valence-corrected chi connectivity index (χ3v) is 4.96. The second-order valence-corrected chi connectivity index (χ2v) is 6.93. The van der Waals surface area contributed by atoms with Crippen LogP contribution in [0.25, 0.3) is 17.0 Å². The number of rotatable bonds is 3. The molecule has 0 unspecified atom stereocenters. The van der Waals surface area contributed by atoms with Crippen molar-refractivity contribution < 1.29 is 0 Å². The zero-order chi connectivity index (χ0) is 15.8. The predicted molar refractivity (Wildman–Crippen MR) is 98.5 cm³/mol. The fourth-order valence-electron chi connectivity index (χ4n) is 2.41. The Morgan fingerprint density at radius 1 is 1.22 bits per heavy atom. The van der Waals surface area contributed by atoms with E-state index in [9.17, 15) is 0 Å². The van der Waals surface area contributed by atoms with E-state index in [0.29, 0.717) is 0 Å². The monoisotopic (exact) mass is 384 g/mol. The number of fused-ring (bicyclic) bond motifs is 1. The Hall–Kier alpha value is -2.18. The lowest BCUT2D eigenvalue weighted by atomic mass is 10.2. The van der Waals surface area contributed by atoms with Crippen LogP contribution in [0.3, 0.4) is 0 Å². The summed E-state index contributed by atoms with van der Waals surface area (Å²) in [4.78, 5) is 9.10. The molecule has 4 nitrogen and oxygen atoms in total. The number of pyridine rings is 1. The first kappa shape index (κ1) is 14.4. The van der Waals surface area contributed by atoms with Crippen molar-refractivity contribution in [2.75, 3.05) is 5.32 Å². The maximum atomic E-state index is 4.69. The molecule has 114 valence electrons. The molecular weight excluding hydrogens is 372 g/mol. The number of imidazole rings is 1. The van der Waals surface area contributed by atoms with Gasteiger partial charge in [-0.05, 0) is 52.7 Å². The third-order valence-electron chi connectivity index (χ3n) is 3.55. The molecule has 4 rings (SSSR count). The quantitative estimate of drug-likeness (QED) is 0.522. The normalized spacial score (nSPS) is 11.0. The van der Waals surface area contributed by atoms with Gasteiger partial charge in [0.25, 0.3) is 0 Å². The Labute approximate surface area is 146 Å². The van der Waals surface area contributed by atoms with E-state index in [1.807, 2.05) is 40.4 Å². The average molecular weight is 385 g/mol. The van der Waals surface area contributed by atoms with Gasteiger partial charge >= 0.3 is 0 Å². The zero-order valence-corrected chi connectivity index (χ0v) is 14.7. The fraction of sp³-hybridized carbons (Fsp3) is 0.0588. The van der Waals surface area contributed by atoms with Crippen LogP contribution in [-0.2, 0) is 0 Å². The summed E-state index contributed by atoms with van der Waals surface area (Å²) >= 11 is 5.16. The molecule has 0 aliphatic carbocycles. The van der Waals surface area contributed by atoms with E-state index in [1.54, 1.807) is 11.3 Å². The molecule has 23 heavy (non-hydrogen) atoms. The third kappa shape index (κ3) is 2.75. The summed E-state index contributed by atoms with van der Waals surface area (Å²) in [5.74, 6) is 0. The van der Waals surface area contributed by atoms with Gasteiger partial charge in [0, 0.05) is 16.0 Å². The van der Waals surface area contributed by atoms with Crippen LogP contribution in [0.5, 0.6) is 0 Å². The van der Waals surface area contributed by atoms with Gasteiger partial charge in [0.2, 0.25) is 0 Å². The van der Waals surface area contributed by atoms with Crippen LogP contribution in [-0.4, -0.2) is 14.4 Å². The summed E-state index contributed by atoms with van der Waals surface area (Å²) in [6.45, 7) is 2.07. The maximum Gasteiger partial charge on any atom is 0.187 e. The van der Waals surface area contributed by atoms with Crippen LogP contribution in [0.4, 0.5) is 10.8 Å². The van der Waals surface area contributed by atoms with Gasteiger partial charge in [-0.2, -0.15) is 0 Å². The van der Waals surface area contributed by atoms with E-state index < -0.39 is 0 Å². The molecule has 6 heteroatoms. The number of halogens is 1. The molecule has 1 aromatic carbocycles. The van der Waals surface area contributed by atoms with E-state index in [1.165, 1.54) is 5.56 Å². The molecule has 0 amide bonds. The predicted octanol–water partition coefficient (Wildman–Crippen LogP) is 5.27. The number of thiazole rings is 1. The summed E-state index contributed by atoms with van der Waals surface area (Å²) in [5, 5.41) is 6.26. The molecular formula is C17H13BrN4S. The molecule has 0 spiro atoms. The van der Waals surface area contributed by atoms with Crippen LogP contribution >= 0.6 is 27.3 Å². The van der Waals surface area contributed by atoms with Gasteiger partial charge in [-0.25, -0.2) is 9.97 Å². The van der Waals surface area contributed by atoms with E-state index in [4.69, 9.17) is 0 Å². The highest BCUT2D eigenvalue weighted by molar-refractivity contribution is 9.10. The number of nitrogens with one attached hydrogen (secondary N) is 1. The van der Waals surface area contributed by atoms with Gasteiger partial charge < -0.3 is 5.32 Å². The first-order valence-electron chi connectivity index (χ1n) is 7.12. The van der Waals surface area contributed by atoms with Crippen LogP contribution in [0, 0.1) is 6.92 Å². The highest BCUT2D eigenvalue weighted by Crippen LogP contribution is 2.31. The minimum atomic E-state index is 0.857. The van der Waals surface area contributed by atoms with E-state index in [-0.39, 0.29) is 0 Å². The van der Waals surface area contributed by atoms with Crippen molar-refractivity contribution >= 4 is 43.7 Å². The standard InChI is InChI=1S/C17H13BrN4S/c1-11-5-6-13(12(18)8-11)20-17-21-14(10-23-17)15-9-19-16-4-2-3-7-22(15)16/h2-10H,1H3,(H,20,21). The van der Waals surface area contributed by atoms with Crippen LogP contribution < -0.4 is 5.32 Å². The Kier molecular flexibility index (Phi) is 3.63. The summed E-state index contributed by atoms with van der Waals surface area (Å²) in [7, 11) is 0. The Morgan fingerprint density at radius 2 is 2.13 bits per heavy atom. The number of hydrogen-bond acceptors (Lipinski definition) is 4. The first-order chi connectivity index (χ1) is 11.2. The van der Waals surface area contributed by atoms with Gasteiger partial charge in [-0.1, -0.05) is 12.1 Å². The SMILES string of the molecule is Cc1ccc(Nc2nc(-c3cnc4ccccn34)cs2)c(Br)c1. The second kappa shape index (κ2) is 5.79. The lowest BCUT2D eigenvalue weighted by Gasteiger charge is -2.06. The van der Waals surface area contributed by atoms with Crippen molar-refractivity contribution in [1.29, 1.82) is 0 Å². The number of aromatic nitrogens is 3. The minimum absolute atomic E-state index is 0.857. The molecule has 0 atom stereocenters. The van der Waals surface area contributed by atoms with Gasteiger partial charge in [-0.15, -0.1) is 11.3 Å². The lowest BCUT2D eigenvalue weighted by Crippen LogP contribution is -1.92. The molecule has 0 radical (unpaired) electrons. The first-order valence-corrected chi connectivity index (χ1v) is 8.79. The fourth-order valence-corrected chi connectivity index (χ4v) is 3.72. The van der Waals surface area contributed by atoms with Crippen LogP contribution in [0.1, 0.15) is 5.56 Å². The van der Waals surface area contributed by atoms with Crippen molar-refractivity contribution in [3.05, 3.63) is 64.2 Å². The Morgan fingerprint density at radius 3 is 3.00 bits per heavy atom. The van der Waals surface area contributed by atoms with E-state index >= 15 is 0 Å². The van der Waals surface area contributed by atoms with Crippen molar-refractivity contribution in [3.63, 3.8) is 0 Å². The summed E-state index contributed by atoms with van der Waals surface area (Å²) in [6, 6.07) is 12.2. The largest absolute Gasteiger partial charge is 0.331 e. The molecule has 0 saturated heterocycles. The smallest absolute Gasteiger partial charge is 0.187 e. The minimum Gasteiger partial charge on any atom is -0.331 e. The molecule has 0 aliphatic rings. The molecule has 0 saturated carbocycles. The van der Waals surface area contributed by atoms with Crippen molar-refractivity contribution in [2.24, 2.45) is 0 Å². The molecule has 0 fully saturated rings. The molecule has 0 aliphatic heterocycles. The van der Waals surface area contributed by atoms with Crippen LogP contribution in [0.15, 0.2) is 58.6 Å². The lowest BCUT2D eigenvalue weighted by molar-refractivity contribution is 1.18. The number of anilines is 2. The second-order valence-electron chi connectivity index (χ2n) is 5.22. The number of benzene rings is 1. The highest BCUT2D eigenvalue weighted by Gasteiger charge is 2.10. The highest BCUT2D eigenvalue weighted by atomic mass is 79.9. The Balaban J connectivity index is 1.66. The van der Waals surface area contributed by atoms with E-state index in [2.05, 4.69) is 56.3 Å². The molecule has 3 aromatic heterocycles. The van der Waals surface area contributed by atoms with Crippen LogP contribution in [0.2, 0.25) is 0 Å². The van der Waals surface area contributed by atoms with Crippen molar-refractivity contribution in [2.45, 2.75) is 6.92 Å². The number of nitrogens with zero attached hydrogens (tertiary/aromatic N) is 3. The van der Waals surface area contributed by atoms with Crippen molar-refractivity contribution in [1.82, 2.24) is 14.4 Å². The number of aryl methyl sites for hydroxylation is 1. The molecule has 1 N–H and O–H groups in total.